The number of aliphatic hydroxyl groups excluding tert-OH is 1. The van der Waals surface area contributed by atoms with Crippen molar-refractivity contribution in [3.05, 3.63) is 36.2 Å². The number of benzene rings is 1. The molecule has 1 aromatic heterocycles. The number of hydrogen-bond acceptors (Lipinski definition) is 6. The van der Waals surface area contributed by atoms with Crippen molar-refractivity contribution in [2.24, 2.45) is 5.14 Å². The van der Waals surface area contributed by atoms with E-state index in [9.17, 15) is 13.5 Å². The minimum atomic E-state index is -3.70. The summed E-state index contributed by atoms with van der Waals surface area (Å²) in [5, 5.41) is 22.6. The summed E-state index contributed by atoms with van der Waals surface area (Å²) >= 11 is 0. The molecule has 3 N–H and O–H groups in total. The molecule has 9 heteroatoms. The lowest BCUT2D eigenvalue weighted by molar-refractivity contribution is 0.152. The van der Waals surface area contributed by atoms with Crippen LogP contribution in [0.4, 0.5) is 0 Å². The van der Waals surface area contributed by atoms with Crippen LogP contribution in [0.15, 0.2) is 35.4 Å². The van der Waals surface area contributed by atoms with Gasteiger partial charge < -0.3 is 5.11 Å². The second kappa shape index (κ2) is 6.36. The third kappa shape index (κ3) is 3.58. The Morgan fingerprint density at radius 3 is 2.70 bits per heavy atom. The van der Waals surface area contributed by atoms with Crippen molar-refractivity contribution in [2.75, 3.05) is 13.2 Å². The monoisotopic (exact) mass is 337 g/mol. The summed E-state index contributed by atoms with van der Waals surface area (Å²) in [4.78, 5) is 2.25. The predicted molar refractivity (Wildman–Crippen MR) is 83.3 cm³/mol. The van der Waals surface area contributed by atoms with Crippen molar-refractivity contribution in [1.82, 2.24) is 19.9 Å². The first-order chi connectivity index (χ1) is 11.0. The number of likely N-dealkylation sites (tertiary alicyclic amines) is 1. The molecule has 8 nitrogen and oxygen atoms in total. The highest BCUT2D eigenvalue weighted by Crippen LogP contribution is 2.19. The average molecular weight is 337 g/mol. The highest BCUT2D eigenvalue weighted by molar-refractivity contribution is 7.89. The van der Waals surface area contributed by atoms with Gasteiger partial charge in [0.2, 0.25) is 10.0 Å². The third-order valence-electron chi connectivity index (χ3n) is 4.05. The second-order valence-electron chi connectivity index (χ2n) is 5.64. The van der Waals surface area contributed by atoms with Gasteiger partial charge in [-0.2, -0.15) is 0 Å². The van der Waals surface area contributed by atoms with Crippen LogP contribution in [0.3, 0.4) is 0 Å². The SMILES string of the molecule is NS(=O)(=O)c1ccc(-n2cc(CN3CCCC3CO)nn2)cc1. The quantitative estimate of drug-likeness (QED) is 0.785. The molecule has 0 amide bonds. The Bertz CT molecular complexity index is 772. The fourth-order valence-corrected chi connectivity index (χ4v) is 3.32. The Morgan fingerprint density at radius 1 is 1.30 bits per heavy atom. The lowest BCUT2D eigenvalue weighted by Crippen LogP contribution is -2.31. The molecule has 2 aromatic rings. The first-order valence-electron chi connectivity index (χ1n) is 7.37. The van der Waals surface area contributed by atoms with Crippen LogP contribution in [0.1, 0.15) is 18.5 Å². The number of aromatic nitrogens is 3. The fourth-order valence-electron chi connectivity index (χ4n) is 2.80. The highest BCUT2D eigenvalue weighted by atomic mass is 32.2. The first kappa shape index (κ1) is 16.1. The lowest BCUT2D eigenvalue weighted by atomic mass is 10.2. The van der Waals surface area contributed by atoms with Gasteiger partial charge in [-0.1, -0.05) is 5.21 Å². The Balaban J connectivity index is 1.74. The molecule has 1 aliphatic rings. The van der Waals surface area contributed by atoms with Crippen molar-refractivity contribution in [3.8, 4) is 5.69 Å². The Hall–Kier alpha value is -1.81. The zero-order valence-electron chi connectivity index (χ0n) is 12.5. The number of hydrogen-bond donors (Lipinski definition) is 2. The van der Waals surface area contributed by atoms with Crippen LogP contribution in [0.25, 0.3) is 5.69 Å². The summed E-state index contributed by atoms with van der Waals surface area (Å²) in [6, 6.07) is 6.33. The summed E-state index contributed by atoms with van der Waals surface area (Å²) in [5.41, 5.74) is 1.51. The molecule has 0 radical (unpaired) electrons. The molecule has 1 unspecified atom stereocenters. The van der Waals surface area contributed by atoms with Crippen LogP contribution in [-0.2, 0) is 16.6 Å². The maximum atomic E-state index is 11.3. The van der Waals surface area contributed by atoms with E-state index in [0.717, 1.165) is 25.1 Å². The van der Waals surface area contributed by atoms with Crippen LogP contribution in [-0.4, -0.2) is 52.6 Å². The molecule has 1 fully saturated rings. The summed E-state index contributed by atoms with van der Waals surface area (Å²) in [6.07, 6.45) is 3.88. The molecule has 23 heavy (non-hydrogen) atoms. The highest BCUT2D eigenvalue weighted by Gasteiger charge is 2.24. The molecule has 0 bridgehead atoms. The van der Waals surface area contributed by atoms with E-state index in [-0.39, 0.29) is 17.5 Å². The molecular weight excluding hydrogens is 318 g/mol. The van der Waals surface area contributed by atoms with Gasteiger partial charge in [0.25, 0.3) is 0 Å². The summed E-state index contributed by atoms with van der Waals surface area (Å²) < 4.78 is 24.1. The van der Waals surface area contributed by atoms with E-state index >= 15 is 0 Å². The van der Waals surface area contributed by atoms with Gasteiger partial charge in [0.1, 0.15) is 0 Å². The van der Waals surface area contributed by atoms with Crippen LogP contribution in [0.5, 0.6) is 0 Å². The normalized spacial score (nSPS) is 19.3. The lowest BCUT2D eigenvalue weighted by Gasteiger charge is -2.20. The van der Waals surface area contributed by atoms with Gasteiger partial charge in [0.15, 0.2) is 0 Å². The van der Waals surface area contributed by atoms with Gasteiger partial charge in [0.05, 0.1) is 29.1 Å². The molecule has 2 heterocycles. The maximum Gasteiger partial charge on any atom is 0.238 e. The van der Waals surface area contributed by atoms with Gasteiger partial charge >= 0.3 is 0 Å². The topological polar surface area (TPSA) is 114 Å². The van der Waals surface area contributed by atoms with E-state index in [2.05, 4.69) is 15.2 Å². The predicted octanol–water partition coefficient (Wildman–Crippen LogP) is -0.129. The first-order valence-corrected chi connectivity index (χ1v) is 8.91. The van der Waals surface area contributed by atoms with Crippen LogP contribution in [0.2, 0.25) is 0 Å². The van der Waals surface area contributed by atoms with E-state index in [0.29, 0.717) is 12.2 Å². The average Bonchev–Trinajstić information content (AvgIpc) is 3.16. The zero-order chi connectivity index (χ0) is 16.4. The number of sulfonamides is 1. The summed E-state index contributed by atoms with van der Waals surface area (Å²) in [7, 11) is -3.70. The molecule has 0 saturated carbocycles. The van der Waals surface area contributed by atoms with E-state index in [4.69, 9.17) is 5.14 Å². The molecule has 1 aliphatic heterocycles. The summed E-state index contributed by atoms with van der Waals surface area (Å²) in [5.74, 6) is 0. The molecule has 3 rings (SSSR count). The number of aliphatic hydroxyl groups is 1. The van der Waals surface area contributed by atoms with E-state index < -0.39 is 10.0 Å². The van der Waals surface area contributed by atoms with Gasteiger partial charge in [-0.15, -0.1) is 5.10 Å². The third-order valence-corrected chi connectivity index (χ3v) is 4.97. The molecule has 0 aliphatic carbocycles. The molecule has 1 saturated heterocycles. The van der Waals surface area contributed by atoms with Gasteiger partial charge in [-0.25, -0.2) is 18.2 Å². The van der Waals surface area contributed by atoms with Crippen molar-refractivity contribution in [3.63, 3.8) is 0 Å². The Labute approximate surface area is 134 Å². The number of nitrogens with two attached hydrogens (primary N) is 1. The standard InChI is InChI=1S/C14H19N5O3S/c15-23(21,22)14-5-3-12(4-6-14)19-9-11(16-17-19)8-18-7-1-2-13(18)10-20/h3-6,9,13,20H,1-2,7-8,10H2,(H2,15,21,22). The minimum absolute atomic E-state index is 0.0597. The van der Waals surface area contributed by atoms with E-state index in [1.807, 2.05) is 0 Å². The minimum Gasteiger partial charge on any atom is -0.395 e. The van der Waals surface area contributed by atoms with Crippen molar-refractivity contribution >= 4 is 10.0 Å². The second-order valence-corrected chi connectivity index (χ2v) is 7.20. The van der Waals surface area contributed by atoms with E-state index in [1.54, 1.807) is 23.0 Å². The number of primary sulfonamides is 1. The van der Waals surface area contributed by atoms with Crippen LogP contribution in [0, 0.1) is 0 Å². The molecule has 124 valence electrons. The fraction of sp³-hybridized carbons (Fsp3) is 0.429. The van der Waals surface area contributed by atoms with Crippen molar-refractivity contribution < 1.29 is 13.5 Å². The van der Waals surface area contributed by atoms with Gasteiger partial charge in [-0.05, 0) is 43.7 Å². The van der Waals surface area contributed by atoms with Crippen LogP contribution < -0.4 is 5.14 Å². The number of rotatable bonds is 5. The Morgan fingerprint density at radius 2 is 2.04 bits per heavy atom. The molecule has 0 spiro atoms. The molecular formula is C14H19N5O3S. The van der Waals surface area contributed by atoms with Crippen molar-refractivity contribution in [1.29, 1.82) is 0 Å². The van der Waals surface area contributed by atoms with E-state index in [1.165, 1.54) is 12.1 Å². The van der Waals surface area contributed by atoms with Crippen molar-refractivity contribution in [2.45, 2.75) is 30.3 Å². The zero-order valence-corrected chi connectivity index (χ0v) is 13.4. The maximum absolute atomic E-state index is 11.3. The number of nitrogens with zero attached hydrogens (tertiary/aromatic N) is 4. The van der Waals surface area contributed by atoms with Gasteiger partial charge in [-0.3, -0.25) is 4.90 Å². The summed E-state index contributed by atoms with van der Waals surface area (Å²) in [6.45, 7) is 1.74. The van der Waals surface area contributed by atoms with Crippen LogP contribution >= 0.6 is 0 Å². The molecule has 1 aromatic carbocycles. The van der Waals surface area contributed by atoms with Gasteiger partial charge in [0, 0.05) is 12.6 Å². The smallest absolute Gasteiger partial charge is 0.238 e. The largest absolute Gasteiger partial charge is 0.395 e. The molecule has 1 atom stereocenters. The Kier molecular flexibility index (Phi) is 4.44.